The molecule has 0 N–H and O–H groups in total. The average molecular weight is 1410 g/mol. The molecular weight excluding hydrogens is 1200 g/mol. The van der Waals surface area contributed by atoms with Crippen LogP contribution in [0.1, 0.15) is 648 Å². The summed E-state index contributed by atoms with van der Waals surface area (Å²) in [4.78, 5) is 0. The summed E-state index contributed by atoms with van der Waals surface area (Å²) in [5.74, 6) is 0. The van der Waals surface area contributed by atoms with E-state index in [4.69, 9.17) is 0 Å². The molecule has 0 aromatic heterocycles. The third-order valence-electron chi connectivity index (χ3n) is 21.7. The van der Waals surface area contributed by atoms with E-state index in [0.29, 0.717) is 0 Å². The van der Waals surface area contributed by atoms with Gasteiger partial charge in [-0.1, -0.05) is 648 Å². The Hall–Kier alpha value is 0. The average Bonchev–Trinajstić information content (AvgIpc) is 3.64. The summed E-state index contributed by atoms with van der Waals surface area (Å²) in [6, 6.07) is 0. The van der Waals surface area contributed by atoms with Gasteiger partial charge in [0.1, 0.15) is 0 Å². The zero-order valence-corrected chi connectivity index (χ0v) is 74.2. The first-order valence-electron chi connectivity index (χ1n) is 49.5. The van der Waals surface area contributed by atoms with Crippen LogP contribution in [0.4, 0.5) is 0 Å². The van der Waals surface area contributed by atoms with E-state index in [1.54, 1.807) is 0 Å². The first-order valence-corrected chi connectivity index (χ1v) is 49.5. The Morgan fingerprint density at radius 3 is 0.110 bits per heavy atom. The van der Waals surface area contributed by atoms with Crippen LogP contribution in [0.15, 0.2) is 0 Å². The molecule has 0 saturated heterocycles. The van der Waals surface area contributed by atoms with Crippen LogP contribution in [-0.4, -0.2) is 0 Å². The fraction of sp³-hybridized carbons (Fsp3) is 1.00. The van der Waals surface area contributed by atoms with Crippen LogP contribution in [0, 0.1) is 0 Å². The van der Waals surface area contributed by atoms with Gasteiger partial charge in [-0.2, -0.15) is 0 Å². The summed E-state index contributed by atoms with van der Waals surface area (Å²) in [6.07, 6.45) is 129. The Labute approximate surface area is 644 Å². The highest BCUT2D eigenvalue weighted by Gasteiger charge is 2.00. The predicted molar refractivity (Wildman–Crippen MR) is 474 cm³/mol. The van der Waals surface area contributed by atoms with Crippen molar-refractivity contribution in [1.82, 2.24) is 0 Å². The van der Waals surface area contributed by atoms with E-state index in [0.717, 1.165) is 0 Å². The number of unbranched alkanes of at least 4 members (excludes halogenated alkanes) is 82. The third-order valence-corrected chi connectivity index (χ3v) is 21.7. The van der Waals surface area contributed by atoms with Crippen LogP contribution >= 0.6 is 0 Å². The highest BCUT2D eigenvalue weighted by atomic mass is 14.1. The summed E-state index contributed by atoms with van der Waals surface area (Å²) >= 11 is 0. The van der Waals surface area contributed by atoms with E-state index in [2.05, 4.69) is 83.1 Å². The smallest absolute Gasteiger partial charge is 0.0533 e. The topological polar surface area (TPSA) is 0 Å². The predicted octanol–water partition coefficient (Wildman–Crippen LogP) is 40.5. The number of rotatable bonds is 82. The molecule has 0 fully saturated rings. The van der Waals surface area contributed by atoms with Gasteiger partial charge in [-0.05, 0) is 0 Å². The molecule has 0 aromatic rings. The minimum absolute atomic E-state index is 1.37. The van der Waals surface area contributed by atoms with E-state index < -0.39 is 0 Å². The van der Waals surface area contributed by atoms with Crippen molar-refractivity contribution < 1.29 is 0 Å². The second-order valence-corrected chi connectivity index (χ2v) is 32.9. The highest BCUT2D eigenvalue weighted by Crippen LogP contribution is 2.20. The number of hydrogen-bond donors (Lipinski definition) is 0. The fourth-order valence-corrected chi connectivity index (χ4v) is 14.3. The molecule has 0 nitrogen and oxygen atoms in total. The van der Waals surface area contributed by atoms with Crippen LogP contribution in [0.3, 0.4) is 0 Å². The Bertz CT molecular complexity index is 991. The van der Waals surface area contributed by atoms with Gasteiger partial charge in [-0.15, -0.1) is 0 Å². The quantitative estimate of drug-likeness (QED) is 0.0533. The molecule has 0 rings (SSSR count). The van der Waals surface area contributed by atoms with Crippen molar-refractivity contribution in [3.05, 3.63) is 0 Å². The van der Waals surface area contributed by atoms with Crippen molar-refractivity contribution in [1.29, 1.82) is 0 Å². The second kappa shape index (κ2) is 123. The lowest BCUT2D eigenvalue weighted by molar-refractivity contribution is 0.531. The molecule has 0 aliphatic rings. The summed E-state index contributed by atoms with van der Waals surface area (Å²) < 4.78 is 0. The fourth-order valence-electron chi connectivity index (χ4n) is 14.3. The Morgan fingerprint density at radius 1 is 0.0500 bits per heavy atom. The summed E-state index contributed by atoms with van der Waals surface area (Å²) in [5, 5.41) is 0. The van der Waals surface area contributed by atoms with Crippen LogP contribution in [0.5, 0.6) is 0 Å². The maximum atomic E-state index is 2.29. The van der Waals surface area contributed by atoms with Crippen molar-refractivity contribution in [2.45, 2.75) is 648 Å². The second-order valence-electron chi connectivity index (χ2n) is 32.9. The van der Waals surface area contributed by atoms with E-state index in [9.17, 15) is 0 Å². The molecule has 0 unspecified atom stereocenters. The minimum atomic E-state index is 1.37. The molecule has 0 bridgehead atoms. The molecule has 0 aromatic carbocycles. The lowest BCUT2D eigenvalue weighted by Gasteiger charge is -2.03. The molecule has 0 aliphatic carbocycles. The van der Waals surface area contributed by atoms with Gasteiger partial charge in [0.15, 0.2) is 0 Å². The standard InChI is InChI=1S/2C18H38.C17H36.2C16H34.C15H32/c2*1-3-5-7-9-11-13-15-17-18-16-14-12-10-8-6-4-2;1-3-5-7-9-11-13-15-17-16-14-12-10-8-6-4-2;2*1-3-5-7-9-11-13-15-16-14-12-10-8-6-4-2;1-3-5-7-9-11-13-15-14-12-10-8-6-4-2/h2*3-18H2,1-2H3;3-17H2,1-2H3;2*3-16H2,1-2H3;3-15H2,1-2H3. The van der Waals surface area contributed by atoms with Gasteiger partial charge in [0, 0.05) is 0 Å². The van der Waals surface area contributed by atoms with Crippen molar-refractivity contribution in [3.8, 4) is 0 Å². The molecule has 0 heteroatoms. The van der Waals surface area contributed by atoms with Gasteiger partial charge in [-0.3, -0.25) is 0 Å². The lowest BCUT2D eigenvalue weighted by Crippen LogP contribution is -1.83. The van der Waals surface area contributed by atoms with Crippen molar-refractivity contribution in [2.75, 3.05) is 0 Å². The Balaban J connectivity index is -0.000000265. The van der Waals surface area contributed by atoms with E-state index in [1.807, 2.05) is 0 Å². The summed E-state index contributed by atoms with van der Waals surface area (Å²) in [5.41, 5.74) is 0. The Kier molecular flexibility index (Phi) is 136. The molecular formula is C100H212. The number of hydrogen-bond acceptors (Lipinski definition) is 0. The van der Waals surface area contributed by atoms with Gasteiger partial charge >= 0.3 is 0 Å². The molecule has 0 radical (unpaired) electrons. The third kappa shape index (κ3) is 137. The molecule has 0 atom stereocenters. The van der Waals surface area contributed by atoms with Gasteiger partial charge in [0.05, 0.1) is 0 Å². The molecule has 0 amide bonds. The minimum Gasteiger partial charge on any atom is -0.0654 e. The van der Waals surface area contributed by atoms with Crippen molar-refractivity contribution in [3.63, 3.8) is 0 Å². The first kappa shape index (κ1) is 111. The van der Waals surface area contributed by atoms with E-state index >= 15 is 0 Å². The van der Waals surface area contributed by atoms with Crippen LogP contribution < -0.4 is 0 Å². The van der Waals surface area contributed by atoms with Crippen molar-refractivity contribution in [2.24, 2.45) is 0 Å². The SMILES string of the molecule is CCCCCCCCCCCCCCC.CCCCCCCCCCCCCCCC.CCCCCCCCCCCCCCCC.CCCCCCCCCCCCCCCCC.CCCCCCCCCCCCCCCCCC.CCCCCCCCCCCCCCCCCC. The summed E-state index contributed by atoms with van der Waals surface area (Å²) in [6.45, 7) is 27.5. The maximum Gasteiger partial charge on any atom is -0.0533 e. The van der Waals surface area contributed by atoms with Gasteiger partial charge in [-0.25, -0.2) is 0 Å². The van der Waals surface area contributed by atoms with Gasteiger partial charge in [0.25, 0.3) is 0 Å². The normalized spacial score (nSPS) is 10.9. The van der Waals surface area contributed by atoms with Crippen LogP contribution in [0.2, 0.25) is 0 Å². The van der Waals surface area contributed by atoms with Crippen LogP contribution in [-0.2, 0) is 0 Å². The monoisotopic (exact) mass is 1410 g/mol. The zero-order valence-electron chi connectivity index (χ0n) is 74.2. The van der Waals surface area contributed by atoms with Gasteiger partial charge < -0.3 is 0 Å². The van der Waals surface area contributed by atoms with Gasteiger partial charge in [0.2, 0.25) is 0 Å². The largest absolute Gasteiger partial charge is 0.0654 e. The molecule has 612 valence electrons. The Morgan fingerprint density at radius 2 is 0.0800 bits per heavy atom. The lowest BCUT2D eigenvalue weighted by atomic mass is 10.0. The molecule has 0 spiro atoms. The zero-order chi connectivity index (χ0) is 74.2. The molecule has 0 aliphatic heterocycles. The van der Waals surface area contributed by atoms with Crippen molar-refractivity contribution >= 4 is 0 Å². The maximum absolute atomic E-state index is 2.29. The molecule has 0 heterocycles. The van der Waals surface area contributed by atoms with Crippen LogP contribution in [0.25, 0.3) is 0 Å². The van der Waals surface area contributed by atoms with E-state index in [1.165, 1.54) is 565 Å². The molecule has 100 heavy (non-hydrogen) atoms. The summed E-state index contributed by atoms with van der Waals surface area (Å²) in [7, 11) is 0. The first-order chi connectivity index (χ1) is 49.5. The molecule has 0 saturated carbocycles. The highest BCUT2D eigenvalue weighted by molar-refractivity contribution is 4.56. The van der Waals surface area contributed by atoms with E-state index in [-0.39, 0.29) is 0 Å².